The summed E-state index contributed by atoms with van der Waals surface area (Å²) in [6, 6.07) is 0. The Balaban J connectivity index is 1.58. The van der Waals surface area contributed by atoms with Gasteiger partial charge in [-0.25, -0.2) is 4.98 Å². The highest BCUT2D eigenvalue weighted by Gasteiger charge is 2.26. The van der Waals surface area contributed by atoms with E-state index in [0.717, 1.165) is 43.6 Å². The first-order valence-corrected chi connectivity index (χ1v) is 9.04. The van der Waals surface area contributed by atoms with Gasteiger partial charge in [-0.2, -0.15) is 5.10 Å². The van der Waals surface area contributed by atoms with Crippen LogP contribution in [0.1, 0.15) is 46.3 Å². The highest BCUT2D eigenvalue weighted by molar-refractivity contribution is 7.11. The van der Waals surface area contributed by atoms with Gasteiger partial charge >= 0.3 is 0 Å². The van der Waals surface area contributed by atoms with Gasteiger partial charge < -0.3 is 4.90 Å². The molecule has 2 aromatic heterocycles. The van der Waals surface area contributed by atoms with Crippen LogP contribution in [0.15, 0.2) is 12.4 Å². The third-order valence-electron chi connectivity index (χ3n) is 4.55. The fraction of sp³-hybridized carbons (Fsp3) is 0.588. The average molecular weight is 332 g/mol. The first kappa shape index (κ1) is 16.2. The maximum atomic E-state index is 12.5. The lowest BCUT2D eigenvalue weighted by molar-refractivity contribution is -0.132. The third kappa shape index (κ3) is 3.80. The molecule has 1 fully saturated rings. The molecule has 1 unspecified atom stereocenters. The second-order valence-corrected chi connectivity index (χ2v) is 7.63. The molecule has 1 aliphatic heterocycles. The van der Waals surface area contributed by atoms with Crippen molar-refractivity contribution in [3.8, 4) is 0 Å². The Bertz CT molecular complexity index is 671. The van der Waals surface area contributed by atoms with Crippen molar-refractivity contribution in [2.24, 2.45) is 7.05 Å². The molecular formula is C17H24N4OS. The van der Waals surface area contributed by atoms with Crippen LogP contribution in [0.25, 0.3) is 0 Å². The molecule has 3 rings (SSSR count). The van der Waals surface area contributed by atoms with Gasteiger partial charge in [0.05, 0.1) is 16.9 Å². The van der Waals surface area contributed by atoms with E-state index in [-0.39, 0.29) is 5.91 Å². The number of amides is 1. The number of likely N-dealkylation sites (tertiary alicyclic amines) is 1. The average Bonchev–Trinajstić information content (AvgIpc) is 3.11. The van der Waals surface area contributed by atoms with Crippen LogP contribution in [0, 0.1) is 13.8 Å². The van der Waals surface area contributed by atoms with Gasteiger partial charge in [0.25, 0.3) is 0 Å². The standard InChI is InChI=1S/C17H24N4OS/c1-12-13(2)23-17(19-12)15-5-4-8-21(11-15)16(22)7-6-14-9-18-20(3)10-14/h9-10,15H,4-8,11H2,1-3H3. The zero-order valence-corrected chi connectivity index (χ0v) is 14.9. The van der Waals surface area contributed by atoms with Crippen molar-refractivity contribution in [2.75, 3.05) is 13.1 Å². The Morgan fingerprint density at radius 3 is 2.91 bits per heavy atom. The molecule has 0 bridgehead atoms. The molecule has 1 aliphatic rings. The number of rotatable bonds is 4. The van der Waals surface area contributed by atoms with E-state index in [1.807, 2.05) is 24.3 Å². The maximum Gasteiger partial charge on any atom is 0.222 e. The monoisotopic (exact) mass is 332 g/mol. The maximum absolute atomic E-state index is 12.5. The number of piperidine rings is 1. The topological polar surface area (TPSA) is 51.0 Å². The van der Waals surface area contributed by atoms with Crippen LogP contribution in [0.3, 0.4) is 0 Å². The summed E-state index contributed by atoms with van der Waals surface area (Å²) in [6.45, 7) is 5.88. The highest BCUT2D eigenvalue weighted by atomic mass is 32.1. The summed E-state index contributed by atoms with van der Waals surface area (Å²) < 4.78 is 1.78. The van der Waals surface area contributed by atoms with Gasteiger partial charge in [-0.15, -0.1) is 11.3 Å². The van der Waals surface area contributed by atoms with Crippen LogP contribution in [0.2, 0.25) is 0 Å². The number of aryl methyl sites for hydroxylation is 4. The fourth-order valence-electron chi connectivity index (χ4n) is 3.09. The molecule has 2 aromatic rings. The highest BCUT2D eigenvalue weighted by Crippen LogP contribution is 2.31. The Kier molecular flexibility index (Phi) is 4.80. The summed E-state index contributed by atoms with van der Waals surface area (Å²) in [7, 11) is 1.90. The van der Waals surface area contributed by atoms with Crippen LogP contribution < -0.4 is 0 Å². The largest absolute Gasteiger partial charge is 0.342 e. The van der Waals surface area contributed by atoms with Crippen molar-refractivity contribution in [1.29, 1.82) is 0 Å². The van der Waals surface area contributed by atoms with E-state index in [1.165, 1.54) is 9.88 Å². The number of nitrogens with zero attached hydrogens (tertiary/aromatic N) is 4. The van der Waals surface area contributed by atoms with Crippen LogP contribution in [-0.2, 0) is 18.3 Å². The van der Waals surface area contributed by atoms with Gasteiger partial charge in [0.15, 0.2) is 0 Å². The summed E-state index contributed by atoms with van der Waals surface area (Å²) in [5.41, 5.74) is 2.26. The fourth-order valence-corrected chi connectivity index (χ4v) is 4.14. The molecule has 0 spiro atoms. The van der Waals surface area contributed by atoms with Crippen LogP contribution in [0.5, 0.6) is 0 Å². The Labute approximate surface area is 141 Å². The molecule has 1 atom stereocenters. The molecule has 124 valence electrons. The van der Waals surface area contributed by atoms with Gasteiger partial charge in [0, 0.05) is 43.5 Å². The predicted octanol–water partition coefficient (Wildman–Crippen LogP) is 2.83. The minimum Gasteiger partial charge on any atom is -0.342 e. The Hall–Kier alpha value is -1.69. The molecule has 0 aliphatic carbocycles. The van der Waals surface area contributed by atoms with E-state index in [1.54, 1.807) is 16.0 Å². The molecule has 0 saturated carbocycles. The summed E-state index contributed by atoms with van der Waals surface area (Å²) in [6.07, 6.45) is 7.36. The molecule has 5 nitrogen and oxygen atoms in total. The minimum atomic E-state index is 0.253. The summed E-state index contributed by atoms with van der Waals surface area (Å²) in [4.78, 5) is 20.5. The predicted molar refractivity (Wildman–Crippen MR) is 91.7 cm³/mol. The number of thiazole rings is 1. The molecule has 3 heterocycles. The summed E-state index contributed by atoms with van der Waals surface area (Å²) in [5.74, 6) is 0.659. The molecule has 0 radical (unpaired) electrons. The van der Waals surface area contributed by atoms with E-state index < -0.39 is 0 Å². The quantitative estimate of drug-likeness (QED) is 0.865. The molecule has 23 heavy (non-hydrogen) atoms. The van der Waals surface area contributed by atoms with E-state index in [0.29, 0.717) is 12.3 Å². The van der Waals surface area contributed by atoms with Crippen molar-refractivity contribution < 1.29 is 4.79 Å². The normalized spacial score (nSPS) is 18.4. The van der Waals surface area contributed by atoms with Gasteiger partial charge in [0.2, 0.25) is 5.91 Å². The molecule has 0 aromatic carbocycles. The first-order valence-electron chi connectivity index (χ1n) is 8.22. The Morgan fingerprint density at radius 1 is 1.43 bits per heavy atom. The molecule has 1 amide bonds. The zero-order valence-electron chi connectivity index (χ0n) is 14.1. The molecule has 1 saturated heterocycles. The van der Waals surface area contributed by atoms with Crippen LogP contribution >= 0.6 is 11.3 Å². The lowest BCUT2D eigenvalue weighted by Gasteiger charge is -2.32. The molecule has 6 heteroatoms. The summed E-state index contributed by atoms with van der Waals surface area (Å²) in [5, 5.41) is 5.35. The van der Waals surface area contributed by atoms with E-state index in [4.69, 9.17) is 4.98 Å². The van der Waals surface area contributed by atoms with E-state index in [2.05, 4.69) is 18.9 Å². The van der Waals surface area contributed by atoms with Gasteiger partial charge in [-0.3, -0.25) is 9.48 Å². The van der Waals surface area contributed by atoms with Gasteiger partial charge in [-0.1, -0.05) is 0 Å². The zero-order chi connectivity index (χ0) is 16.4. The van der Waals surface area contributed by atoms with Crippen molar-refractivity contribution >= 4 is 17.2 Å². The van der Waals surface area contributed by atoms with Crippen LogP contribution in [0.4, 0.5) is 0 Å². The SMILES string of the molecule is Cc1nc(C2CCCN(C(=O)CCc3cnn(C)c3)C2)sc1C. The minimum absolute atomic E-state index is 0.253. The van der Waals surface area contributed by atoms with Crippen molar-refractivity contribution in [3.05, 3.63) is 33.5 Å². The second kappa shape index (κ2) is 6.83. The smallest absolute Gasteiger partial charge is 0.222 e. The third-order valence-corrected chi connectivity index (χ3v) is 5.79. The van der Waals surface area contributed by atoms with Crippen molar-refractivity contribution in [3.63, 3.8) is 0 Å². The van der Waals surface area contributed by atoms with Gasteiger partial charge in [0.1, 0.15) is 0 Å². The van der Waals surface area contributed by atoms with Crippen molar-refractivity contribution in [2.45, 2.75) is 45.4 Å². The van der Waals surface area contributed by atoms with Gasteiger partial charge in [-0.05, 0) is 38.7 Å². The lowest BCUT2D eigenvalue weighted by Crippen LogP contribution is -2.39. The first-order chi connectivity index (χ1) is 11.0. The number of aromatic nitrogens is 3. The van der Waals surface area contributed by atoms with Crippen molar-refractivity contribution in [1.82, 2.24) is 19.7 Å². The number of carbonyl (C=O) groups excluding carboxylic acids is 1. The Morgan fingerprint density at radius 2 is 2.26 bits per heavy atom. The van der Waals surface area contributed by atoms with E-state index in [9.17, 15) is 4.79 Å². The number of carbonyl (C=O) groups is 1. The number of hydrogen-bond acceptors (Lipinski definition) is 4. The number of hydrogen-bond donors (Lipinski definition) is 0. The molecule has 0 N–H and O–H groups in total. The second-order valence-electron chi connectivity index (χ2n) is 6.39. The van der Waals surface area contributed by atoms with Crippen LogP contribution in [-0.4, -0.2) is 38.7 Å². The summed E-state index contributed by atoms with van der Waals surface area (Å²) >= 11 is 1.79. The molecular weight excluding hydrogens is 308 g/mol. The van der Waals surface area contributed by atoms with E-state index >= 15 is 0 Å². The lowest BCUT2D eigenvalue weighted by atomic mass is 9.98.